The molecule has 0 aliphatic rings. The van der Waals surface area contributed by atoms with Crippen molar-refractivity contribution in [3.05, 3.63) is 64.9 Å². The summed E-state index contributed by atoms with van der Waals surface area (Å²) >= 11 is 6.05. The number of halogens is 1. The number of benzene rings is 2. The minimum atomic E-state index is 0.278. The number of aryl methyl sites for hydroxylation is 1. The summed E-state index contributed by atoms with van der Waals surface area (Å²) in [5.74, 6) is 0.854. The zero-order valence-corrected chi connectivity index (χ0v) is 12.8. The quantitative estimate of drug-likeness (QED) is 0.678. The van der Waals surface area contributed by atoms with Crippen molar-refractivity contribution < 1.29 is 0 Å². The van der Waals surface area contributed by atoms with E-state index in [1.165, 1.54) is 11.1 Å². The smallest absolute Gasteiger partial charge is 0.224 e. The number of para-hydroxylation sites is 1. The highest BCUT2D eigenvalue weighted by Gasteiger charge is 2.11. The van der Waals surface area contributed by atoms with E-state index in [1.54, 1.807) is 0 Å². The Balaban J connectivity index is 1.99. The van der Waals surface area contributed by atoms with E-state index in [2.05, 4.69) is 46.1 Å². The van der Waals surface area contributed by atoms with E-state index < -0.39 is 0 Å². The highest BCUT2D eigenvalue weighted by atomic mass is 35.5. The molecule has 21 heavy (non-hydrogen) atoms. The number of nitrogens with zero attached hydrogens (tertiary/aromatic N) is 3. The Morgan fingerprint density at radius 3 is 2.67 bits per heavy atom. The highest BCUT2D eigenvalue weighted by Crippen LogP contribution is 2.25. The van der Waals surface area contributed by atoms with Crippen LogP contribution >= 0.6 is 11.6 Å². The second-order valence-electron chi connectivity index (χ2n) is 5.18. The number of hydrogen-bond acceptors (Lipinski definition) is 3. The maximum absolute atomic E-state index is 6.05. The first-order valence-electron chi connectivity index (χ1n) is 6.82. The standard InChI is InChI=1S/C17H16ClN3/c1-12-6-5-7-13(10-12)11-21(2)16-14-8-3-4-9-15(14)19-17(18)20-16/h3-10H,11H2,1-2H3. The van der Waals surface area contributed by atoms with Crippen LogP contribution in [-0.2, 0) is 6.54 Å². The van der Waals surface area contributed by atoms with E-state index in [0.717, 1.165) is 23.3 Å². The van der Waals surface area contributed by atoms with Gasteiger partial charge in [0.05, 0.1) is 5.52 Å². The molecule has 0 unspecified atom stereocenters. The maximum Gasteiger partial charge on any atom is 0.224 e. The lowest BCUT2D eigenvalue weighted by Gasteiger charge is -2.20. The molecule has 2 aromatic carbocycles. The predicted molar refractivity (Wildman–Crippen MR) is 87.8 cm³/mol. The van der Waals surface area contributed by atoms with Crippen LogP contribution < -0.4 is 4.90 Å². The third-order valence-electron chi connectivity index (χ3n) is 3.42. The minimum Gasteiger partial charge on any atom is -0.355 e. The van der Waals surface area contributed by atoms with Gasteiger partial charge in [0.2, 0.25) is 5.28 Å². The Hall–Kier alpha value is -2.13. The third kappa shape index (κ3) is 2.98. The Morgan fingerprint density at radius 2 is 1.86 bits per heavy atom. The Kier molecular flexibility index (Phi) is 3.76. The Labute approximate surface area is 129 Å². The largest absolute Gasteiger partial charge is 0.355 e. The molecule has 0 bridgehead atoms. The molecular weight excluding hydrogens is 282 g/mol. The average molecular weight is 298 g/mol. The van der Waals surface area contributed by atoms with Crippen LogP contribution in [-0.4, -0.2) is 17.0 Å². The van der Waals surface area contributed by atoms with Crippen LogP contribution in [0, 0.1) is 6.92 Å². The Bertz CT molecular complexity index is 786. The van der Waals surface area contributed by atoms with Crippen LogP contribution in [0.1, 0.15) is 11.1 Å². The molecule has 3 nitrogen and oxygen atoms in total. The molecule has 0 spiro atoms. The summed E-state index contributed by atoms with van der Waals surface area (Å²) in [4.78, 5) is 10.8. The van der Waals surface area contributed by atoms with Gasteiger partial charge in [-0.2, -0.15) is 4.98 Å². The van der Waals surface area contributed by atoms with Gasteiger partial charge in [0.25, 0.3) is 0 Å². The minimum absolute atomic E-state index is 0.278. The van der Waals surface area contributed by atoms with Crippen molar-refractivity contribution >= 4 is 28.3 Å². The van der Waals surface area contributed by atoms with Gasteiger partial charge in [-0.15, -0.1) is 0 Å². The lowest BCUT2D eigenvalue weighted by molar-refractivity contribution is 0.899. The molecule has 0 saturated heterocycles. The summed E-state index contributed by atoms with van der Waals surface area (Å²) in [6.07, 6.45) is 0. The molecule has 0 radical (unpaired) electrons. The van der Waals surface area contributed by atoms with Crippen LogP contribution in [0.2, 0.25) is 5.28 Å². The highest BCUT2D eigenvalue weighted by molar-refractivity contribution is 6.28. The van der Waals surface area contributed by atoms with Gasteiger partial charge in [0, 0.05) is 19.0 Å². The van der Waals surface area contributed by atoms with Gasteiger partial charge in [-0.25, -0.2) is 4.98 Å². The van der Waals surface area contributed by atoms with Crippen molar-refractivity contribution in [1.29, 1.82) is 0 Å². The second kappa shape index (κ2) is 5.70. The lowest BCUT2D eigenvalue weighted by atomic mass is 10.1. The monoisotopic (exact) mass is 297 g/mol. The number of rotatable bonds is 3. The van der Waals surface area contributed by atoms with E-state index in [4.69, 9.17) is 11.6 Å². The molecule has 106 valence electrons. The molecular formula is C17H16ClN3. The zero-order valence-electron chi connectivity index (χ0n) is 12.0. The average Bonchev–Trinajstić information content (AvgIpc) is 2.46. The number of anilines is 1. The summed E-state index contributed by atoms with van der Waals surface area (Å²) in [5, 5.41) is 1.29. The lowest BCUT2D eigenvalue weighted by Crippen LogP contribution is -2.18. The van der Waals surface area contributed by atoms with Crippen LogP contribution in [0.25, 0.3) is 10.9 Å². The first-order valence-corrected chi connectivity index (χ1v) is 7.20. The van der Waals surface area contributed by atoms with Crippen molar-refractivity contribution in [2.75, 3.05) is 11.9 Å². The molecule has 1 aromatic heterocycles. The number of hydrogen-bond donors (Lipinski definition) is 0. The summed E-state index contributed by atoms with van der Waals surface area (Å²) in [7, 11) is 2.02. The second-order valence-corrected chi connectivity index (χ2v) is 5.52. The summed E-state index contributed by atoms with van der Waals surface area (Å²) in [6, 6.07) is 16.4. The van der Waals surface area contributed by atoms with Gasteiger partial charge < -0.3 is 4.90 Å². The van der Waals surface area contributed by atoms with Crippen molar-refractivity contribution in [3.8, 4) is 0 Å². The fraction of sp³-hybridized carbons (Fsp3) is 0.176. The van der Waals surface area contributed by atoms with E-state index in [-0.39, 0.29) is 5.28 Å². The first-order chi connectivity index (χ1) is 10.1. The Morgan fingerprint density at radius 1 is 1.05 bits per heavy atom. The maximum atomic E-state index is 6.05. The van der Waals surface area contributed by atoms with Crippen molar-refractivity contribution in [3.63, 3.8) is 0 Å². The van der Waals surface area contributed by atoms with Gasteiger partial charge in [0.15, 0.2) is 0 Å². The van der Waals surface area contributed by atoms with Crippen molar-refractivity contribution in [2.45, 2.75) is 13.5 Å². The molecule has 0 aliphatic heterocycles. The molecule has 0 saturated carbocycles. The van der Waals surface area contributed by atoms with Crippen LogP contribution in [0.15, 0.2) is 48.5 Å². The zero-order chi connectivity index (χ0) is 14.8. The fourth-order valence-corrected chi connectivity index (χ4v) is 2.65. The van der Waals surface area contributed by atoms with E-state index >= 15 is 0 Å². The van der Waals surface area contributed by atoms with Gasteiger partial charge in [0.1, 0.15) is 5.82 Å². The molecule has 3 aromatic rings. The van der Waals surface area contributed by atoms with Gasteiger partial charge in [-0.05, 0) is 36.2 Å². The molecule has 0 N–H and O–H groups in total. The molecule has 4 heteroatoms. The van der Waals surface area contributed by atoms with E-state index in [9.17, 15) is 0 Å². The normalized spacial score (nSPS) is 10.8. The summed E-state index contributed by atoms with van der Waals surface area (Å²) in [5.41, 5.74) is 3.37. The summed E-state index contributed by atoms with van der Waals surface area (Å²) in [6.45, 7) is 2.87. The van der Waals surface area contributed by atoms with Crippen LogP contribution in [0.4, 0.5) is 5.82 Å². The van der Waals surface area contributed by atoms with Crippen LogP contribution in [0.3, 0.4) is 0 Å². The fourth-order valence-electron chi connectivity index (χ4n) is 2.48. The van der Waals surface area contributed by atoms with Gasteiger partial charge in [-0.1, -0.05) is 42.0 Å². The van der Waals surface area contributed by atoms with Gasteiger partial charge >= 0.3 is 0 Å². The van der Waals surface area contributed by atoms with Crippen molar-refractivity contribution in [1.82, 2.24) is 9.97 Å². The third-order valence-corrected chi connectivity index (χ3v) is 3.59. The van der Waals surface area contributed by atoms with Crippen LogP contribution in [0.5, 0.6) is 0 Å². The first kappa shape index (κ1) is 13.8. The number of aromatic nitrogens is 2. The molecule has 1 heterocycles. The molecule has 0 fully saturated rings. The molecule has 3 rings (SSSR count). The molecule has 0 aliphatic carbocycles. The SMILES string of the molecule is Cc1cccc(CN(C)c2nc(Cl)nc3ccccc23)c1. The van der Waals surface area contributed by atoms with E-state index in [1.807, 2.05) is 31.3 Å². The summed E-state index contributed by atoms with van der Waals surface area (Å²) < 4.78 is 0. The predicted octanol–water partition coefficient (Wildman–Crippen LogP) is 4.23. The molecule has 0 atom stereocenters. The number of fused-ring (bicyclic) bond motifs is 1. The van der Waals surface area contributed by atoms with Gasteiger partial charge in [-0.3, -0.25) is 0 Å². The molecule has 0 amide bonds. The topological polar surface area (TPSA) is 29.0 Å². The van der Waals surface area contributed by atoms with Crippen molar-refractivity contribution in [2.24, 2.45) is 0 Å². The van der Waals surface area contributed by atoms with E-state index in [0.29, 0.717) is 0 Å².